The summed E-state index contributed by atoms with van der Waals surface area (Å²) in [6, 6.07) is 6.43. The summed E-state index contributed by atoms with van der Waals surface area (Å²) in [5.41, 5.74) is 0.666. The van der Waals surface area contributed by atoms with Gasteiger partial charge in [0, 0.05) is 24.8 Å². The second-order valence-corrected chi connectivity index (χ2v) is 6.78. The molecule has 4 nitrogen and oxygen atoms in total. The van der Waals surface area contributed by atoms with Crippen molar-refractivity contribution in [1.82, 2.24) is 10.2 Å². The first-order chi connectivity index (χ1) is 8.70. The average Bonchev–Trinajstić information content (AvgIpc) is 2.29. The molecule has 0 aromatic heterocycles. The molecule has 0 radical (unpaired) electrons. The number of benzene rings is 1. The molecular weight excluding hydrogens is 332 g/mol. The first kappa shape index (κ1) is 16.5. The number of carbonyl (C=O) groups is 1. The topological polar surface area (TPSA) is 44.4 Å². The molecule has 0 unspecified atom stereocenters. The van der Waals surface area contributed by atoms with E-state index in [9.17, 15) is 4.79 Å². The second-order valence-electron chi connectivity index (χ2n) is 3.97. The molecule has 0 spiro atoms. The maximum Gasteiger partial charge on any atom is 0.318 e. The third kappa shape index (κ3) is 5.53. The third-order valence-electron chi connectivity index (χ3n) is 2.16. The number of carbonyl (C=O) groups excluding carboxylic acids is 1. The third-order valence-corrected chi connectivity index (χ3v) is 3.06. The fraction of sp³-hybridized carbons (Fsp3) is 0.364. The lowest BCUT2D eigenvalue weighted by atomic mass is 10.3. The van der Waals surface area contributed by atoms with Crippen LogP contribution in [0.15, 0.2) is 24.3 Å². The molecule has 0 aliphatic carbocycles. The summed E-state index contributed by atoms with van der Waals surface area (Å²) < 4.78 is -1.70. The van der Waals surface area contributed by atoms with Crippen molar-refractivity contribution in [3.8, 4) is 0 Å². The van der Waals surface area contributed by atoms with Gasteiger partial charge in [0.1, 0.15) is 6.17 Å². The van der Waals surface area contributed by atoms with Gasteiger partial charge in [0.25, 0.3) is 0 Å². The summed E-state index contributed by atoms with van der Waals surface area (Å²) in [4.78, 5) is 13.0. The van der Waals surface area contributed by atoms with Gasteiger partial charge in [-0.1, -0.05) is 46.4 Å². The minimum Gasteiger partial charge on any atom is -0.362 e. The highest BCUT2D eigenvalue weighted by atomic mass is 35.6. The van der Waals surface area contributed by atoms with Crippen molar-refractivity contribution in [3.63, 3.8) is 0 Å². The van der Waals surface area contributed by atoms with Crippen molar-refractivity contribution in [3.05, 3.63) is 29.3 Å². The number of alkyl halides is 3. The molecule has 0 bridgehead atoms. The SMILES string of the molecule is CN(C)C(=O)N[C@H](Nc1ccc(Cl)cc1)C(Cl)(Cl)Cl. The highest BCUT2D eigenvalue weighted by Crippen LogP contribution is 2.31. The fourth-order valence-electron chi connectivity index (χ4n) is 1.17. The molecule has 1 aromatic carbocycles. The molecule has 0 aliphatic rings. The number of hydrogen-bond acceptors (Lipinski definition) is 2. The molecule has 0 saturated carbocycles. The molecule has 0 heterocycles. The van der Waals surface area contributed by atoms with Crippen LogP contribution in [0.3, 0.4) is 0 Å². The van der Waals surface area contributed by atoms with Gasteiger partial charge < -0.3 is 15.5 Å². The monoisotopic (exact) mass is 343 g/mol. The molecule has 8 heteroatoms. The lowest BCUT2D eigenvalue weighted by Crippen LogP contribution is -2.52. The fourth-order valence-corrected chi connectivity index (χ4v) is 1.62. The number of amides is 2. The van der Waals surface area contributed by atoms with Crippen LogP contribution in [0.25, 0.3) is 0 Å². The largest absolute Gasteiger partial charge is 0.362 e. The molecule has 2 N–H and O–H groups in total. The predicted octanol–water partition coefficient (Wildman–Crippen LogP) is 3.72. The second kappa shape index (κ2) is 6.75. The molecule has 0 fully saturated rings. The summed E-state index contributed by atoms with van der Waals surface area (Å²) in [7, 11) is 3.18. The van der Waals surface area contributed by atoms with Gasteiger partial charge in [0.15, 0.2) is 0 Å². The minimum absolute atomic E-state index is 0.377. The van der Waals surface area contributed by atoms with E-state index < -0.39 is 9.96 Å². The van der Waals surface area contributed by atoms with Gasteiger partial charge in [-0.25, -0.2) is 4.79 Å². The Balaban J connectivity index is 2.81. The number of nitrogens with zero attached hydrogens (tertiary/aromatic N) is 1. The van der Waals surface area contributed by atoms with E-state index in [1.807, 2.05) is 0 Å². The van der Waals surface area contributed by atoms with E-state index in [0.717, 1.165) is 0 Å². The zero-order chi connectivity index (χ0) is 14.6. The molecule has 2 amide bonds. The first-order valence-electron chi connectivity index (χ1n) is 5.27. The number of hydrogen-bond donors (Lipinski definition) is 2. The van der Waals surface area contributed by atoms with E-state index in [1.54, 1.807) is 38.4 Å². The Labute approximate surface area is 131 Å². The van der Waals surface area contributed by atoms with Crippen LogP contribution in [0, 0.1) is 0 Å². The average molecular weight is 345 g/mol. The van der Waals surface area contributed by atoms with Crippen LogP contribution >= 0.6 is 46.4 Å². The van der Waals surface area contributed by atoms with Gasteiger partial charge in [-0.2, -0.15) is 0 Å². The number of rotatable bonds is 3. The molecule has 0 saturated heterocycles. The zero-order valence-electron chi connectivity index (χ0n) is 10.3. The van der Waals surface area contributed by atoms with Crippen molar-refractivity contribution < 1.29 is 4.79 Å². The summed E-state index contributed by atoms with van der Waals surface area (Å²) in [6.45, 7) is 0. The van der Waals surface area contributed by atoms with Crippen molar-refractivity contribution in [2.24, 2.45) is 0 Å². The number of urea groups is 1. The number of nitrogens with one attached hydrogen (secondary N) is 2. The van der Waals surface area contributed by atoms with E-state index in [-0.39, 0.29) is 6.03 Å². The van der Waals surface area contributed by atoms with Crippen molar-refractivity contribution in [2.45, 2.75) is 9.96 Å². The Morgan fingerprint density at radius 2 is 1.74 bits per heavy atom. The molecule has 1 aromatic rings. The van der Waals surface area contributed by atoms with E-state index in [1.165, 1.54) is 4.90 Å². The highest BCUT2D eigenvalue weighted by Gasteiger charge is 2.34. The van der Waals surface area contributed by atoms with Crippen LogP contribution in [-0.4, -0.2) is 35.0 Å². The zero-order valence-corrected chi connectivity index (χ0v) is 13.3. The van der Waals surface area contributed by atoms with Crippen LogP contribution in [0.1, 0.15) is 0 Å². The van der Waals surface area contributed by atoms with Gasteiger partial charge >= 0.3 is 6.03 Å². The number of halogens is 4. The Hall–Kier alpha value is -0.550. The van der Waals surface area contributed by atoms with E-state index in [0.29, 0.717) is 10.7 Å². The Kier molecular flexibility index (Phi) is 5.86. The van der Waals surface area contributed by atoms with Crippen LogP contribution < -0.4 is 10.6 Å². The quantitative estimate of drug-likeness (QED) is 0.648. The van der Waals surface area contributed by atoms with E-state index in [2.05, 4.69) is 10.6 Å². The maximum atomic E-state index is 11.6. The Morgan fingerprint density at radius 3 is 2.16 bits per heavy atom. The predicted molar refractivity (Wildman–Crippen MR) is 81.4 cm³/mol. The van der Waals surface area contributed by atoms with Crippen molar-refractivity contribution in [1.29, 1.82) is 0 Å². The highest BCUT2D eigenvalue weighted by molar-refractivity contribution is 6.68. The smallest absolute Gasteiger partial charge is 0.318 e. The van der Waals surface area contributed by atoms with Gasteiger partial charge in [0.2, 0.25) is 3.79 Å². The summed E-state index contributed by atoms with van der Waals surface area (Å²) in [6.07, 6.45) is -0.881. The van der Waals surface area contributed by atoms with Gasteiger partial charge in [-0.15, -0.1) is 0 Å². The molecule has 0 aliphatic heterocycles. The standard InChI is InChI=1S/C11H13Cl4N3O/c1-18(2)10(19)17-9(11(13,14)15)16-8-5-3-7(12)4-6-8/h3-6,9,16H,1-2H3,(H,17,19)/t9-/m0/s1. The van der Waals surface area contributed by atoms with Crippen LogP contribution in [0.2, 0.25) is 5.02 Å². The summed E-state index contributed by atoms with van der Waals surface area (Å²) in [5.74, 6) is 0. The maximum absolute atomic E-state index is 11.6. The molecule has 1 rings (SSSR count). The lowest BCUT2D eigenvalue weighted by Gasteiger charge is -2.28. The summed E-state index contributed by atoms with van der Waals surface area (Å²) in [5, 5.41) is 6.08. The first-order valence-corrected chi connectivity index (χ1v) is 6.78. The van der Waals surface area contributed by atoms with Crippen molar-refractivity contribution in [2.75, 3.05) is 19.4 Å². The normalized spacial score (nSPS) is 12.7. The van der Waals surface area contributed by atoms with Crippen LogP contribution in [-0.2, 0) is 0 Å². The molecular formula is C11H13Cl4N3O. The van der Waals surface area contributed by atoms with Gasteiger partial charge in [-0.05, 0) is 24.3 Å². The molecule has 1 atom stereocenters. The van der Waals surface area contributed by atoms with Crippen LogP contribution in [0.4, 0.5) is 10.5 Å². The molecule has 19 heavy (non-hydrogen) atoms. The number of anilines is 1. The Bertz CT molecular complexity index is 431. The Morgan fingerprint density at radius 1 is 1.21 bits per heavy atom. The van der Waals surface area contributed by atoms with Crippen molar-refractivity contribution >= 4 is 58.1 Å². The minimum atomic E-state index is -1.70. The van der Waals surface area contributed by atoms with Gasteiger partial charge in [-0.3, -0.25) is 0 Å². The van der Waals surface area contributed by atoms with E-state index >= 15 is 0 Å². The summed E-state index contributed by atoms with van der Waals surface area (Å²) >= 11 is 23.3. The van der Waals surface area contributed by atoms with E-state index in [4.69, 9.17) is 46.4 Å². The van der Waals surface area contributed by atoms with Gasteiger partial charge in [0.05, 0.1) is 0 Å². The lowest BCUT2D eigenvalue weighted by molar-refractivity contribution is 0.214. The van der Waals surface area contributed by atoms with Crippen LogP contribution in [0.5, 0.6) is 0 Å². The molecule has 106 valence electrons.